The highest BCUT2D eigenvalue weighted by Crippen LogP contribution is 2.31. The second-order valence-electron chi connectivity index (χ2n) is 6.37. The minimum Gasteiger partial charge on any atom is -0.488 e. The third-order valence-electron chi connectivity index (χ3n) is 4.50. The van der Waals surface area contributed by atoms with Gasteiger partial charge in [-0.3, -0.25) is 5.43 Å². The third kappa shape index (κ3) is 4.09. The molecule has 1 aliphatic heterocycles. The molecule has 0 amide bonds. The zero-order valence-corrected chi connectivity index (χ0v) is 15.1. The predicted molar refractivity (Wildman–Crippen MR) is 102 cm³/mol. The molecule has 0 saturated carbocycles. The summed E-state index contributed by atoms with van der Waals surface area (Å²) < 4.78 is 12.2. The van der Waals surface area contributed by atoms with Crippen molar-refractivity contribution in [2.45, 2.75) is 18.8 Å². The molecule has 140 valence electrons. The molecule has 1 saturated heterocycles. The third-order valence-corrected chi connectivity index (χ3v) is 4.50. The summed E-state index contributed by atoms with van der Waals surface area (Å²) in [4.78, 5) is 0. The van der Waals surface area contributed by atoms with E-state index in [0.29, 0.717) is 18.7 Å². The van der Waals surface area contributed by atoms with Crippen molar-refractivity contribution in [3.05, 3.63) is 83.7 Å². The number of hydrogen-bond donors (Lipinski definition) is 2. The standard InChI is InChI=1S/C21H19N5O2/c22-11-15-5-7-17(8-6-15)28-20-13-25-26-21(20)18-3-1-2-4-19(18)27-14-16-9-10-23-24-12-16/h1-10,12,20-21,25-26H,13-14H2. The molecule has 2 unspecified atom stereocenters. The van der Waals surface area contributed by atoms with Crippen LogP contribution in [0.1, 0.15) is 22.7 Å². The summed E-state index contributed by atoms with van der Waals surface area (Å²) in [5.41, 5.74) is 9.00. The second-order valence-corrected chi connectivity index (χ2v) is 6.37. The highest BCUT2D eigenvalue weighted by molar-refractivity contribution is 5.38. The molecule has 7 nitrogen and oxygen atoms in total. The number of rotatable bonds is 6. The van der Waals surface area contributed by atoms with E-state index in [9.17, 15) is 0 Å². The molecule has 2 N–H and O–H groups in total. The monoisotopic (exact) mass is 373 g/mol. The number of hydrazine groups is 1. The van der Waals surface area contributed by atoms with Crippen molar-refractivity contribution >= 4 is 0 Å². The van der Waals surface area contributed by atoms with E-state index in [1.165, 1.54) is 0 Å². The first-order chi connectivity index (χ1) is 13.8. The van der Waals surface area contributed by atoms with E-state index in [4.69, 9.17) is 14.7 Å². The van der Waals surface area contributed by atoms with Crippen molar-refractivity contribution < 1.29 is 9.47 Å². The van der Waals surface area contributed by atoms with Crippen LogP contribution in [-0.4, -0.2) is 22.8 Å². The van der Waals surface area contributed by atoms with Gasteiger partial charge in [0.05, 0.1) is 23.9 Å². The molecule has 0 bridgehead atoms. The van der Waals surface area contributed by atoms with Crippen molar-refractivity contribution in [3.63, 3.8) is 0 Å². The van der Waals surface area contributed by atoms with Crippen LogP contribution in [0.4, 0.5) is 0 Å². The predicted octanol–water partition coefficient (Wildman–Crippen LogP) is 2.52. The summed E-state index contributed by atoms with van der Waals surface area (Å²) in [5.74, 6) is 1.51. The maximum atomic E-state index is 8.93. The minimum absolute atomic E-state index is 0.0811. The Morgan fingerprint density at radius 1 is 1.07 bits per heavy atom. The Labute approximate surface area is 162 Å². The molecular formula is C21H19N5O2. The van der Waals surface area contributed by atoms with Crippen molar-refractivity contribution in [2.24, 2.45) is 0 Å². The number of nitriles is 1. The van der Waals surface area contributed by atoms with Crippen LogP contribution in [0.5, 0.6) is 11.5 Å². The Morgan fingerprint density at radius 3 is 2.71 bits per heavy atom. The SMILES string of the molecule is N#Cc1ccc(OC2CNNC2c2ccccc2OCc2ccnnc2)cc1. The molecule has 0 spiro atoms. The normalized spacial score (nSPS) is 18.4. The number of aromatic nitrogens is 2. The molecule has 2 heterocycles. The average Bonchev–Trinajstić information content (AvgIpc) is 3.21. The van der Waals surface area contributed by atoms with Crippen LogP contribution in [0.3, 0.4) is 0 Å². The molecule has 1 fully saturated rings. The van der Waals surface area contributed by atoms with Gasteiger partial charge in [0, 0.05) is 23.9 Å². The maximum absolute atomic E-state index is 8.93. The smallest absolute Gasteiger partial charge is 0.133 e. The fourth-order valence-corrected chi connectivity index (χ4v) is 3.08. The van der Waals surface area contributed by atoms with Crippen LogP contribution in [0, 0.1) is 11.3 Å². The van der Waals surface area contributed by atoms with Crippen LogP contribution in [0.15, 0.2) is 67.0 Å². The van der Waals surface area contributed by atoms with E-state index in [2.05, 4.69) is 27.1 Å². The fraction of sp³-hybridized carbons (Fsp3) is 0.190. The molecule has 28 heavy (non-hydrogen) atoms. The lowest BCUT2D eigenvalue weighted by Gasteiger charge is -2.22. The first kappa shape index (κ1) is 17.9. The molecule has 3 aromatic rings. The molecule has 1 aromatic heterocycles. The molecule has 4 rings (SSSR count). The Bertz CT molecular complexity index is 957. The highest BCUT2D eigenvalue weighted by atomic mass is 16.5. The quantitative estimate of drug-likeness (QED) is 0.686. The van der Waals surface area contributed by atoms with E-state index in [0.717, 1.165) is 22.6 Å². The van der Waals surface area contributed by atoms with Gasteiger partial charge in [-0.1, -0.05) is 18.2 Å². The largest absolute Gasteiger partial charge is 0.488 e. The first-order valence-electron chi connectivity index (χ1n) is 8.96. The van der Waals surface area contributed by atoms with Gasteiger partial charge >= 0.3 is 0 Å². The van der Waals surface area contributed by atoms with E-state index in [-0.39, 0.29) is 12.1 Å². The van der Waals surface area contributed by atoms with Gasteiger partial charge in [0.15, 0.2) is 0 Å². The van der Waals surface area contributed by atoms with Gasteiger partial charge in [-0.2, -0.15) is 15.5 Å². The highest BCUT2D eigenvalue weighted by Gasteiger charge is 2.32. The van der Waals surface area contributed by atoms with Gasteiger partial charge in [-0.25, -0.2) is 5.43 Å². The lowest BCUT2D eigenvalue weighted by atomic mass is 10.0. The van der Waals surface area contributed by atoms with Gasteiger partial charge in [0.1, 0.15) is 24.2 Å². The molecule has 0 aliphatic carbocycles. The molecule has 7 heteroatoms. The summed E-state index contributed by atoms with van der Waals surface area (Å²) in [6.45, 7) is 1.06. The minimum atomic E-state index is -0.125. The zero-order valence-electron chi connectivity index (χ0n) is 15.1. The zero-order chi connectivity index (χ0) is 19.2. The summed E-state index contributed by atoms with van der Waals surface area (Å²) in [6, 6.07) is 18.9. The Morgan fingerprint density at radius 2 is 1.93 bits per heavy atom. The van der Waals surface area contributed by atoms with Gasteiger partial charge < -0.3 is 9.47 Å². The molecule has 2 atom stereocenters. The van der Waals surface area contributed by atoms with Crippen LogP contribution in [0.2, 0.25) is 0 Å². The molecule has 1 aliphatic rings. The van der Waals surface area contributed by atoms with Crippen LogP contribution in [0.25, 0.3) is 0 Å². The summed E-state index contributed by atoms with van der Waals surface area (Å²) in [6.07, 6.45) is 3.21. The Balaban J connectivity index is 1.50. The van der Waals surface area contributed by atoms with Gasteiger partial charge in [-0.05, 0) is 36.4 Å². The number of ether oxygens (including phenoxy) is 2. The van der Waals surface area contributed by atoms with Gasteiger partial charge in [0.2, 0.25) is 0 Å². The van der Waals surface area contributed by atoms with Crippen molar-refractivity contribution in [2.75, 3.05) is 6.54 Å². The number of nitrogens with one attached hydrogen (secondary N) is 2. The average molecular weight is 373 g/mol. The maximum Gasteiger partial charge on any atom is 0.133 e. The number of hydrogen-bond acceptors (Lipinski definition) is 7. The lowest BCUT2D eigenvalue weighted by Crippen LogP contribution is -2.28. The van der Waals surface area contributed by atoms with Crippen molar-refractivity contribution in [3.8, 4) is 17.6 Å². The number of nitrogens with zero attached hydrogens (tertiary/aromatic N) is 3. The van der Waals surface area contributed by atoms with Crippen LogP contribution in [-0.2, 0) is 6.61 Å². The van der Waals surface area contributed by atoms with E-state index in [1.807, 2.05) is 42.5 Å². The van der Waals surface area contributed by atoms with E-state index < -0.39 is 0 Å². The van der Waals surface area contributed by atoms with Crippen molar-refractivity contribution in [1.82, 2.24) is 21.0 Å². The first-order valence-corrected chi connectivity index (χ1v) is 8.96. The topological polar surface area (TPSA) is 92.1 Å². The van der Waals surface area contributed by atoms with Crippen LogP contribution >= 0.6 is 0 Å². The second kappa shape index (κ2) is 8.48. The fourth-order valence-electron chi connectivity index (χ4n) is 3.08. The molecular weight excluding hydrogens is 354 g/mol. The summed E-state index contributed by atoms with van der Waals surface area (Å²) in [5, 5.41) is 16.6. The van der Waals surface area contributed by atoms with E-state index in [1.54, 1.807) is 24.5 Å². The molecule has 2 aromatic carbocycles. The van der Waals surface area contributed by atoms with E-state index >= 15 is 0 Å². The van der Waals surface area contributed by atoms with Gasteiger partial charge in [-0.15, -0.1) is 0 Å². The number of para-hydroxylation sites is 1. The van der Waals surface area contributed by atoms with Crippen molar-refractivity contribution in [1.29, 1.82) is 5.26 Å². The van der Waals surface area contributed by atoms with Crippen LogP contribution < -0.4 is 20.3 Å². The summed E-state index contributed by atoms with van der Waals surface area (Å²) in [7, 11) is 0. The van der Waals surface area contributed by atoms with Gasteiger partial charge in [0.25, 0.3) is 0 Å². The Hall–Kier alpha value is -3.47. The number of benzene rings is 2. The molecule has 0 radical (unpaired) electrons. The summed E-state index contributed by atoms with van der Waals surface area (Å²) >= 11 is 0. The Kier molecular flexibility index (Phi) is 5.43. The lowest BCUT2D eigenvalue weighted by molar-refractivity contribution is 0.193.